The highest BCUT2D eigenvalue weighted by Gasteiger charge is 2.50. The first-order valence-corrected chi connectivity index (χ1v) is 10.3. The number of fused-ring (bicyclic) bond motifs is 1. The lowest BCUT2D eigenvalue weighted by atomic mass is 9.97. The van der Waals surface area contributed by atoms with Crippen molar-refractivity contribution in [3.05, 3.63) is 78.4 Å². The average molecular weight is 428 g/mol. The molecule has 0 aliphatic carbocycles. The van der Waals surface area contributed by atoms with Gasteiger partial charge in [-0.25, -0.2) is 0 Å². The summed E-state index contributed by atoms with van der Waals surface area (Å²) < 4.78 is 35.0. The molecular weight excluding hydrogens is 400 g/mol. The van der Waals surface area contributed by atoms with E-state index in [1.807, 2.05) is 54.6 Å². The van der Waals surface area contributed by atoms with E-state index in [0.717, 1.165) is 16.9 Å². The van der Waals surface area contributed by atoms with Crippen molar-refractivity contribution in [3.8, 4) is 5.75 Å². The zero-order valence-electron chi connectivity index (χ0n) is 17.5. The number of rotatable bonds is 8. The summed E-state index contributed by atoms with van der Waals surface area (Å²) in [5.41, 5.74) is 1.85. The first kappa shape index (κ1) is 22.0. The maximum atomic E-state index is 11.0. The minimum atomic E-state index is -1.03. The number of benzene rings is 2. The van der Waals surface area contributed by atoms with Crippen LogP contribution < -0.4 is 4.74 Å². The lowest BCUT2D eigenvalue weighted by molar-refractivity contribution is -0.365. The largest absolute Gasteiger partial charge is 0.497 e. The Balaban J connectivity index is 1.50. The highest BCUT2D eigenvalue weighted by atomic mass is 16.8. The molecule has 0 amide bonds. The topological polar surface area (TPSA) is 75.6 Å². The molecule has 1 unspecified atom stereocenters. The summed E-state index contributed by atoms with van der Waals surface area (Å²) in [6.07, 6.45) is -2.46. The van der Waals surface area contributed by atoms with Gasteiger partial charge in [0.2, 0.25) is 0 Å². The van der Waals surface area contributed by atoms with E-state index in [0.29, 0.717) is 13.2 Å². The molecule has 2 heterocycles. The van der Waals surface area contributed by atoms with Crippen molar-refractivity contribution in [2.24, 2.45) is 0 Å². The summed E-state index contributed by atoms with van der Waals surface area (Å²) in [7, 11) is 1.62. The summed E-state index contributed by atoms with van der Waals surface area (Å²) in [4.78, 5) is 0. The van der Waals surface area contributed by atoms with E-state index in [4.69, 9.17) is 28.4 Å². The molecule has 6 atom stereocenters. The predicted molar refractivity (Wildman–Crippen MR) is 112 cm³/mol. The van der Waals surface area contributed by atoms with Crippen LogP contribution in [0.3, 0.4) is 0 Å². The summed E-state index contributed by atoms with van der Waals surface area (Å²) >= 11 is 0. The molecule has 0 saturated carbocycles. The first-order valence-electron chi connectivity index (χ1n) is 10.3. The molecule has 31 heavy (non-hydrogen) atoms. The van der Waals surface area contributed by atoms with E-state index in [1.54, 1.807) is 13.2 Å². The van der Waals surface area contributed by atoms with Gasteiger partial charge in [0.05, 0.1) is 26.9 Å². The van der Waals surface area contributed by atoms with E-state index in [2.05, 4.69) is 6.58 Å². The van der Waals surface area contributed by atoms with Crippen LogP contribution in [0.5, 0.6) is 5.75 Å². The fraction of sp³-hybridized carbons (Fsp3) is 0.417. The van der Waals surface area contributed by atoms with Crippen molar-refractivity contribution in [1.29, 1.82) is 0 Å². The van der Waals surface area contributed by atoms with Gasteiger partial charge in [0.25, 0.3) is 0 Å². The molecule has 166 valence electrons. The van der Waals surface area contributed by atoms with Gasteiger partial charge in [-0.1, -0.05) is 48.5 Å². The minimum absolute atomic E-state index is 0.249. The van der Waals surface area contributed by atoms with Gasteiger partial charge < -0.3 is 33.5 Å². The SMILES string of the molecule is C=CCO[C@H]1O[C@@H]2COC(c3ccccc3)O[C@H]2[C@H](OCc2ccc(OC)cc2)[C@H]1O. The van der Waals surface area contributed by atoms with Gasteiger partial charge in [-0.2, -0.15) is 0 Å². The number of methoxy groups -OCH3 is 1. The van der Waals surface area contributed by atoms with Gasteiger partial charge in [-0.05, 0) is 17.7 Å². The number of ether oxygens (including phenoxy) is 6. The van der Waals surface area contributed by atoms with Gasteiger partial charge in [0.1, 0.15) is 30.2 Å². The van der Waals surface area contributed by atoms with Gasteiger partial charge in [-0.15, -0.1) is 6.58 Å². The van der Waals surface area contributed by atoms with Crippen LogP contribution in [0.15, 0.2) is 67.3 Å². The molecule has 2 aromatic rings. The molecule has 2 aliphatic heterocycles. The van der Waals surface area contributed by atoms with Gasteiger partial charge in [-0.3, -0.25) is 0 Å². The molecule has 2 aromatic carbocycles. The number of aliphatic hydroxyl groups excluding tert-OH is 1. The predicted octanol–water partition coefficient (Wildman–Crippen LogP) is 2.98. The highest BCUT2D eigenvalue weighted by molar-refractivity contribution is 5.26. The van der Waals surface area contributed by atoms with Crippen molar-refractivity contribution in [2.75, 3.05) is 20.3 Å². The normalized spacial score (nSPS) is 30.4. The summed E-state index contributed by atoms with van der Waals surface area (Å²) in [6.45, 7) is 4.49. The standard InChI is InChI=1S/C24H28O7/c1-3-13-27-24-20(25)22(28-14-16-9-11-18(26-2)12-10-16)21-19(30-24)15-29-23(31-21)17-7-5-4-6-8-17/h3-12,19-25H,1,13-15H2,2H3/t19-,20-,21-,22-,23?,24+/m1/s1. The van der Waals surface area contributed by atoms with E-state index in [1.165, 1.54) is 0 Å². The van der Waals surface area contributed by atoms with Crippen molar-refractivity contribution < 1.29 is 33.5 Å². The van der Waals surface area contributed by atoms with Crippen LogP contribution in [-0.2, 0) is 30.3 Å². The third-order valence-electron chi connectivity index (χ3n) is 5.36. The fourth-order valence-corrected chi connectivity index (χ4v) is 3.75. The lowest BCUT2D eigenvalue weighted by Gasteiger charge is -2.47. The Bertz CT molecular complexity index is 826. The van der Waals surface area contributed by atoms with Crippen molar-refractivity contribution >= 4 is 0 Å². The van der Waals surface area contributed by atoms with Crippen molar-refractivity contribution in [2.45, 2.75) is 43.6 Å². The highest BCUT2D eigenvalue weighted by Crippen LogP contribution is 2.36. The quantitative estimate of drug-likeness (QED) is 0.648. The molecule has 4 rings (SSSR count). The summed E-state index contributed by atoms with van der Waals surface area (Å²) in [5, 5.41) is 11.0. The molecule has 7 heteroatoms. The summed E-state index contributed by atoms with van der Waals surface area (Å²) in [5.74, 6) is 0.770. The Morgan fingerprint density at radius 2 is 1.84 bits per heavy atom. The molecule has 2 fully saturated rings. The van der Waals surface area contributed by atoms with Crippen molar-refractivity contribution in [1.82, 2.24) is 0 Å². The van der Waals surface area contributed by atoms with Crippen LogP contribution in [0.4, 0.5) is 0 Å². The van der Waals surface area contributed by atoms with E-state index in [-0.39, 0.29) is 6.61 Å². The second-order valence-corrected chi connectivity index (χ2v) is 7.46. The average Bonchev–Trinajstić information content (AvgIpc) is 2.83. The molecule has 0 radical (unpaired) electrons. The smallest absolute Gasteiger partial charge is 0.187 e. The zero-order chi connectivity index (χ0) is 21.6. The van der Waals surface area contributed by atoms with Crippen LogP contribution in [0.1, 0.15) is 17.4 Å². The van der Waals surface area contributed by atoms with Gasteiger partial charge >= 0.3 is 0 Å². The lowest BCUT2D eigenvalue weighted by Crippen LogP contribution is -2.63. The van der Waals surface area contributed by atoms with Gasteiger partial charge in [0, 0.05) is 5.56 Å². The molecular formula is C24H28O7. The molecule has 7 nitrogen and oxygen atoms in total. The Morgan fingerprint density at radius 3 is 2.55 bits per heavy atom. The number of hydrogen-bond acceptors (Lipinski definition) is 7. The fourth-order valence-electron chi connectivity index (χ4n) is 3.75. The molecule has 0 bridgehead atoms. The first-order chi connectivity index (χ1) is 15.2. The Morgan fingerprint density at radius 1 is 1.06 bits per heavy atom. The molecule has 0 aromatic heterocycles. The molecule has 0 spiro atoms. The Labute approximate surface area is 182 Å². The van der Waals surface area contributed by atoms with Crippen LogP contribution in [0.2, 0.25) is 0 Å². The molecule has 1 N–H and O–H groups in total. The number of hydrogen-bond donors (Lipinski definition) is 1. The van der Waals surface area contributed by atoms with E-state index in [9.17, 15) is 5.11 Å². The third kappa shape index (κ3) is 5.15. The second-order valence-electron chi connectivity index (χ2n) is 7.46. The molecule has 2 saturated heterocycles. The van der Waals surface area contributed by atoms with Crippen LogP contribution in [-0.4, -0.2) is 56.1 Å². The van der Waals surface area contributed by atoms with E-state index < -0.39 is 37.0 Å². The van der Waals surface area contributed by atoms with Crippen LogP contribution in [0, 0.1) is 0 Å². The Kier molecular flexibility index (Phi) is 7.34. The third-order valence-corrected chi connectivity index (χ3v) is 5.36. The minimum Gasteiger partial charge on any atom is -0.497 e. The van der Waals surface area contributed by atoms with Crippen molar-refractivity contribution in [3.63, 3.8) is 0 Å². The number of aliphatic hydroxyl groups is 1. The Hall–Kier alpha value is -2.26. The van der Waals surface area contributed by atoms with Crippen LogP contribution in [0.25, 0.3) is 0 Å². The van der Waals surface area contributed by atoms with E-state index >= 15 is 0 Å². The monoisotopic (exact) mass is 428 g/mol. The second kappa shape index (κ2) is 10.4. The maximum absolute atomic E-state index is 11.0. The van der Waals surface area contributed by atoms with Gasteiger partial charge in [0.15, 0.2) is 12.6 Å². The maximum Gasteiger partial charge on any atom is 0.187 e. The molecule has 2 aliphatic rings. The summed E-state index contributed by atoms with van der Waals surface area (Å²) in [6, 6.07) is 17.3. The zero-order valence-corrected chi connectivity index (χ0v) is 17.5. The van der Waals surface area contributed by atoms with Crippen LogP contribution >= 0.6 is 0 Å².